The van der Waals surface area contributed by atoms with Crippen molar-refractivity contribution in [2.24, 2.45) is 16.3 Å². The number of fused-ring (bicyclic) bond motifs is 1. The first-order valence-corrected chi connectivity index (χ1v) is 10.5. The second-order valence-corrected chi connectivity index (χ2v) is 8.92. The Morgan fingerprint density at radius 2 is 2.00 bits per heavy atom. The van der Waals surface area contributed by atoms with E-state index >= 15 is 0 Å². The van der Waals surface area contributed by atoms with Gasteiger partial charge in [0.1, 0.15) is 0 Å². The summed E-state index contributed by atoms with van der Waals surface area (Å²) in [5.74, 6) is 1.59. The van der Waals surface area contributed by atoms with E-state index in [-0.39, 0.29) is 5.41 Å². The van der Waals surface area contributed by atoms with Gasteiger partial charge in [-0.2, -0.15) is 0 Å². The topological polar surface area (TPSA) is 48.9 Å². The summed E-state index contributed by atoms with van der Waals surface area (Å²) in [7, 11) is 0. The normalized spacial score (nSPS) is 32.1. The van der Waals surface area contributed by atoms with Crippen molar-refractivity contribution >= 4 is 11.6 Å². The van der Waals surface area contributed by atoms with Gasteiger partial charge in [-0.15, -0.1) is 0 Å². The Hall–Kier alpha value is -1.75. The SMILES string of the molecule is CCN=C(NC1CCN(c2ccc(C)cc2)C1)NC1C2CCOC2C1(C)C. The standard InChI is InChI=1S/C22H34N4O/c1-5-23-21(25-19-18-11-13-27-20(18)22(19,3)4)24-16-10-12-26(14-16)17-8-6-15(2)7-9-17/h6-9,16,18-20H,5,10-14H2,1-4H3,(H2,23,24,25). The molecule has 148 valence electrons. The summed E-state index contributed by atoms with van der Waals surface area (Å²) in [6.45, 7) is 12.7. The molecule has 4 unspecified atom stereocenters. The van der Waals surface area contributed by atoms with Crippen molar-refractivity contribution in [3.05, 3.63) is 29.8 Å². The third-order valence-electron chi connectivity index (χ3n) is 6.64. The van der Waals surface area contributed by atoms with Crippen LogP contribution < -0.4 is 15.5 Å². The summed E-state index contributed by atoms with van der Waals surface area (Å²) in [5.41, 5.74) is 2.80. The minimum absolute atomic E-state index is 0.168. The van der Waals surface area contributed by atoms with Crippen LogP contribution >= 0.6 is 0 Å². The van der Waals surface area contributed by atoms with Crippen molar-refractivity contribution in [3.63, 3.8) is 0 Å². The lowest BCUT2D eigenvalue weighted by Gasteiger charge is -2.55. The fourth-order valence-electron chi connectivity index (χ4n) is 5.12. The molecular formula is C22H34N4O. The number of nitrogens with one attached hydrogen (secondary N) is 2. The van der Waals surface area contributed by atoms with Crippen LogP contribution in [0.1, 0.15) is 39.2 Å². The van der Waals surface area contributed by atoms with Crippen molar-refractivity contribution < 1.29 is 4.74 Å². The molecule has 2 heterocycles. The molecule has 0 radical (unpaired) electrons. The first-order chi connectivity index (χ1) is 13.0. The molecule has 0 spiro atoms. The zero-order valence-electron chi connectivity index (χ0n) is 17.2. The number of hydrogen-bond acceptors (Lipinski definition) is 3. The largest absolute Gasteiger partial charge is 0.377 e. The van der Waals surface area contributed by atoms with Crippen LogP contribution in [0.25, 0.3) is 0 Å². The van der Waals surface area contributed by atoms with E-state index in [1.54, 1.807) is 0 Å². The molecule has 1 aromatic carbocycles. The van der Waals surface area contributed by atoms with Gasteiger partial charge in [-0.25, -0.2) is 0 Å². The van der Waals surface area contributed by atoms with Crippen molar-refractivity contribution in [1.82, 2.24) is 10.6 Å². The highest BCUT2D eigenvalue weighted by Crippen LogP contribution is 2.52. The average molecular weight is 371 g/mol. The van der Waals surface area contributed by atoms with Gasteiger partial charge in [0, 0.05) is 55.3 Å². The van der Waals surface area contributed by atoms with Gasteiger partial charge < -0.3 is 20.3 Å². The Kier molecular flexibility index (Phi) is 5.06. The summed E-state index contributed by atoms with van der Waals surface area (Å²) in [4.78, 5) is 7.20. The molecule has 5 nitrogen and oxygen atoms in total. The van der Waals surface area contributed by atoms with Crippen molar-refractivity contribution in [1.29, 1.82) is 0 Å². The Labute approximate surface area is 163 Å². The third-order valence-corrected chi connectivity index (χ3v) is 6.64. The molecule has 0 aromatic heterocycles. The Balaban J connectivity index is 1.37. The zero-order valence-corrected chi connectivity index (χ0v) is 17.2. The number of benzene rings is 1. The predicted octanol–water partition coefficient (Wildman–Crippen LogP) is 2.94. The van der Waals surface area contributed by atoms with Gasteiger partial charge in [0.25, 0.3) is 0 Å². The van der Waals surface area contributed by atoms with Gasteiger partial charge >= 0.3 is 0 Å². The minimum atomic E-state index is 0.168. The molecule has 1 aromatic rings. The molecule has 4 atom stereocenters. The monoisotopic (exact) mass is 370 g/mol. The number of hydrogen-bond donors (Lipinski definition) is 2. The molecule has 5 heteroatoms. The lowest BCUT2D eigenvalue weighted by Crippen LogP contribution is -2.68. The summed E-state index contributed by atoms with van der Waals surface area (Å²) >= 11 is 0. The van der Waals surface area contributed by atoms with Crippen LogP contribution in [0.5, 0.6) is 0 Å². The molecule has 0 amide bonds. The Bertz CT molecular complexity index is 684. The summed E-state index contributed by atoms with van der Waals surface area (Å²) in [6, 6.07) is 9.73. The van der Waals surface area contributed by atoms with Crippen LogP contribution in [0.2, 0.25) is 0 Å². The molecule has 0 bridgehead atoms. The van der Waals surface area contributed by atoms with Gasteiger partial charge in [-0.05, 0) is 38.8 Å². The lowest BCUT2D eigenvalue weighted by atomic mass is 9.57. The van der Waals surface area contributed by atoms with E-state index in [1.165, 1.54) is 11.3 Å². The van der Waals surface area contributed by atoms with E-state index in [4.69, 9.17) is 9.73 Å². The third kappa shape index (κ3) is 3.54. The fourth-order valence-corrected chi connectivity index (χ4v) is 5.12. The first-order valence-electron chi connectivity index (χ1n) is 10.5. The molecule has 1 aliphatic carbocycles. The molecule has 3 fully saturated rings. The average Bonchev–Trinajstić information content (AvgIpc) is 3.29. The van der Waals surface area contributed by atoms with Crippen molar-refractivity contribution in [2.45, 2.75) is 58.7 Å². The van der Waals surface area contributed by atoms with E-state index in [0.29, 0.717) is 24.1 Å². The highest BCUT2D eigenvalue weighted by molar-refractivity contribution is 5.81. The Morgan fingerprint density at radius 1 is 1.22 bits per heavy atom. The van der Waals surface area contributed by atoms with E-state index in [9.17, 15) is 0 Å². The quantitative estimate of drug-likeness (QED) is 0.632. The summed E-state index contributed by atoms with van der Waals surface area (Å²) in [5, 5.41) is 7.45. The number of guanidine groups is 1. The first kappa shape index (κ1) is 18.6. The smallest absolute Gasteiger partial charge is 0.191 e. The van der Waals surface area contributed by atoms with Crippen LogP contribution in [0, 0.1) is 18.3 Å². The van der Waals surface area contributed by atoms with Crippen molar-refractivity contribution in [3.8, 4) is 0 Å². The maximum absolute atomic E-state index is 5.94. The number of aryl methyl sites for hydroxylation is 1. The van der Waals surface area contributed by atoms with E-state index in [0.717, 1.165) is 45.0 Å². The maximum atomic E-state index is 5.94. The molecular weight excluding hydrogens is 336 g/mol. The van der Waals surface area contributed by atoms with Crippen LogP contribution in [0.4, 0.5) is 5.69 Å². The molecule has 2 N–H and O–H groups in total. The van der Waals surface area contributed by atoms with Crippen LogP contribution in [0.15, 0.2) is 29.3 Å². The minimum Gasteiger partial charge on any atom is -0.377 e. The number of nitrogens with zero attached hydrogens (tertiary/aromatic N) is 2. The van der Waals surface area contributed by atoms with E-state index in [1.807, 2.05) is 0 Å². The van der Waals surface area contributed by atoms with E-state index in [2.05, 4.69) is 67.5 Å². The maximum Gasteiger partial charge on any atom is 0.191 e. The number of rotatable bonds is 4. The van der Waals surface area contributed by atoms with Crippen molar-refractivity contribution in [2.75, 3.05) is 31.1 Å². The summed E-state index contributed by atoms with van der Waals surface area (Å²) in [6.07, 6.45) is 2.71. The fraction of sp³-hybridized carbons (Fsp3) is 0.682. The second kappa shape index (κ2) is 7.34. The molecule has 27 heavy (non-hydrogen) atoms. The highest BCUT2D eigenvalue weighted by Gasteiger charge is 2.59. The number of anilines is 1. The van der Waals surface area contributed by atoms with Gasteiger partial charge in [-0.3, -0.25) is 4.99 Å². The number of ether oxygens (including phenoxy) is 1. The van der Waals surface area contributed by atoms with Crippen LogP contribution in [0.3, 0.4) is 0 Å². The van der Waals surface area contributed by atoms with Gasteiger partial charge in [0.05, 0.1) is 6.10 Å². The van der Waals surface area contributed by atoms with Crippen LogP contribution in [-0.4, -0.2) is 50.4 Å². The molecule has 3 aliphatic rings. The molecule has 2 aliphatic heterocycles. The molecule has 2 saturated heterocycles. The van der Waals surface area contributed by atoms with Gasteiger partial charge in [0.15, 0.2) is 5.96 Å². The zero-order chi connectivity index (χ0) is 19.0. The molecule has 4 rings (SSSR count). The van der Waals surface area contributed by atoms with Gasteiger partial charge in [-0.1, -0.05) is 31.5 Å². The number of aliphatic imine (C=N–C) groups is 1. The van der Waals surface area contributed by atoms with E-state index < -0.39 is 0 Å². The lowest BCUT2D eigenvalue weighted by molar-refractivity contribution is -0.106. The van der Waals surface area contributed by atoms with Gasteiger partial charge in [0.2, 0.25) is 0 Å². The highest BCUT2D eigenvalue weighted by atomic mass is 16.5. The Morgan fingerprint density at radius 3 is 2.74 bits per heavy atom. The molecule has 1 saturated carbocycles. The summed E-state index contributed by atoms with van der Waals surface area (Å²) < 4.78 is 5.94. The predicted molar refractivity (Wildman–Crippen MR) is 111 cm³/mol. The van der Waals surface area contributed by atoms with Crippen LogP contribution in [-0.2, 0) is 4.74 Å². The second-order valence-electron chi connectivity index (χ2n) is 8.92.